The second-order valence-electron chi connectivity index (χ2n) is 5.48. The first-order valence-electron chi connectivity index (χ1n) is 7.45. The lowest BCUT2D eigenvalue weighted by molar-refractivity contribution is 0.300. The Morgan fingerprint density at radius 2 is 1.82 bits per heavy atom. The highest BCUT2D eigenvalue weighted by molar-refractivity contribution is 5.07. The van der Waals surface area contributed by atoms with Gasteiger partial charge in [-0.15, -0.1) is 0 Å². The second-order valence-corrected chi connectivity index (χ2v) is 5.48. The third kappa shape index (κ3) is 4.68. The third-order valence-electron chi connectivity index (χ3n) is 4.11. The molecule has 0 bridgehead atoms. The van der Waals surface area contributed by atoms with Gasteiger partial charge in [0, 0.05) is 6.04 Å². The van der Waals surface area contributed by atoms with Gasteiger partial charge in [-0.3, -0.25) is 5.32 Å². The summed E-state index contributed by atoms with van der Waals surface area (Å²) in [7, 11) is 0. The van der Waals surface area contributed by atoms with E-state index in [4.69, 9.17) is 0 Å². The first-order chi connectivity index (χ1) is 8.26. The molecule has 1 aliphatic carbocycles. The molecule has 0 aromatic rings. The Labute approximate surface area is 107 Å². The molecule has 1 aliphatic rings. The Morgan fingerprint density at radius 3 is 2.29 bits per heavy atom. The van der Waals surface area contributed by atoms with Crippen LogP contribution in [0.15, 0.2) is 0 Å². The Morgan fingerprint density at radius 1 is 1.18 bits per heavy atom. The number of rotatable bonds is 6. The number of unbranched alkanes of at least 4 members (excludes halogenated alkanes) is 1. The van der Waals surface area contributed by atoms with E-state index in [1.54, 1.807) is 0 Å². The smallest absolute Gasteiger partial charge is 0.106 e. The zero-order valence-electron chi connectivity index (χ0n) is 11.6. The van der Waals surface area contributed by atoms with Crippen molar-refractivity contribution in [3.05, 3.63) is 0 Å². The highest BCUT2D eigenvalue weighted by atomic mass is 15.0. The monoisotopic (exact) mass is 236 g/mol. The SMILES string of the molecule is CCCCC(C#N)(CC)NC1CCCCCC1. The van der Waals surface area contributed by atoms with Gasteiger partial charge < -0.3 is 0 Å². The molecular weight excluding hydrogens is 208 g/mol. The normalized spacial score (nSPS) is 21.5. The van der Waals surface area contributed by atoms with E-state index in [1.165, 1.54) is 44.9 Å². The Balaban J connectivity index is 2.54. The molecule has 0 heterocycles. The zero-order chi connectivity index (χ0) is 12.6. The zero-order valence-corrected chi connectivity index (χ0v) is 11.6. The van der Waals surface area contributed by atoms with E-state index in [9.17, 15) is 5.26 Å². The van der Waals surface area contributed by atoms with Crippen molar-refractivity contribution in [1.82, 2.24) is 5.32 Å². The maximum Gasteiger partial charge on any atom is 0.106 e. The first-order valence-corrected chi connectivity index (χ1v) is 7.45. The van der Waals surface area contributed by atoms with E-state index >= 15 is 0 Å². The number of nitrogens with zero attached hydrogens (tertiary/aromatic N) is 1. The summed E-state index contributed by atoms with van der Waals surface area (Å²) in [6.45, 7) is 4.34. The summed E-state index contributed by atoms with van der Waals surface area (Å²) in [6, 6.07) is 3.13. The lowest BCUT2D eigenvalue weighted by Crippen LogP contribution is -2.49. The van der Waals surface area contributed by atoms with Crippen LogP contribution in [0.4, 0.5) is 0 Å². The van der Waals surface area contributed by atoms with Crippen LogP contribution in [0.5, 0.6) is 0 Å². The summed E-state index contributed by atoms with van der Waals surface area (Å²) in [5, 5.41) is 13.2. The second kappa shape index (κ2) is 7.71. The number of nitrogens with one attached hydrogen (secondary N) is 1. The molecule has 17 heavy (non-hydrogen) atoms. The molecule has 1 unspecified atom stereocenters. The minimum atomic E-state index is -0.259. The van der Waals surface area contributed by atoms with Crippen LogP contribution >= 0.6 is 0 Å². The fourth-order valence-corrected chi connectivity index (χ4v) is 2.81. The van der Waals surface area contributed by atoms with Gasteiger partial charge in [0.15, 0.2) is 0 Å². The summed E-state index contributed by atoms with van der Waals surface area (Å²) in [4.78, 5) is 0. The number of nitriles is 1. The van der Waals surface area contributed by atoms with Crippen LogP contribution in [-0.4, -0.2) is 11.6 Å². The average Bonchev–Trinajstić information content (AvgIpc) is 2.63. The lowest BCUT2D eigenvalue weighted by Gasteiger charge is -2.31. The molecule has 0 saturated heterocycles. The summed E-state index contributed by atoms with van der Waals surface area (Å²) >= 11 is 0. The fourth-order valence-electron chi connectivity index (χ4n) is 2.81. The minimum absolute atomic E-state index is 0.259. The van der Waals surface area contributed by atoms with Crippen LogP contribution in [0.25, 0.3) is 0 Å². The van der Waals surface area contributed by atoms with Crippen LogP contribution in [0, 0.1) is 11.3 Å². The van der Waals surface area contributed by atoms with E-state index < -0.39 is 0 Å². The summed E-state index contributed by atoms with van der Waals surface area (Å²) in [5.41, 5.74) is -0.259. The summed E-state index contributed by atoms with van der Waals surface area (Å²) in [5.74, 6) is 0. The molecule has 2 nitrogen and oxygen atoms in total. The van der Waals surface area contributed by atoms with Crippen molar-refractivity contribution < 1.29 is 0 Å². The van der Waals surface area contributed by atoms with Crippen LogP contribution in [0.2, 0.25) is 0 Å². The van der Waals surface area contributed by atoms with Crippen molar-refractivity contribution in [2.45, 2.75) is 89.6 Å². The molecule has 0 aliphatic heterocycles. The molecule has 0 amide bonds. The Bertz CT molecular complexity index is 236. The van der Waals surface area contributed by atoms with E-state index in [-0.39, 0.29) is 5.54 Å². The third-order valence-corrected chi connectivity index (χ3v) is 4.11. The summed E-state index contributed by atoms with van der Waals surface area (Å²) < 4.78 is 0. The Hall–Kier alpha value is -0.550. The van der Waals surface area contributed by atoms with Gasteiger partial charge in [-0.2, -0.15) is 5.26 Å². The van der Waals surface area contributed by atoms with Crippen molar-refractivity contribution >= 4 is 0 Å². The molecule has 0 aromatic heterocycles. The van der Waals surface area contributed by atoms with Gasteiger partial charge in [0.1, 0.15) is 5.54 Å². The topological polar surface area (TPSA) is 35.8 Å². The molecule has 98 valence electrons. The van der Waals surface area contributed by atoms with Crippen molar-refractivity contribution in [3.63, 3.8) is 0 Å². The largest absolute Gasteiger partial charge is 0.297 e. The van der Waals surface area contributed by atoms with Crippen LogP contribution in [-0.2, 0) is 0 Å². The van der Waals surface area contributed by atoms with Gasteiger partial charge in [0.2, 0.25) is 0 Å². The standard InChI is InChI=1S/C15H28N2/c1-3-5-12-15(4-2,13-16)17-14-10-8-6-7-9-11-14/h14,17H,3-12H2,1-2H3. The highest BCUT2D eigenvalue weighted by Gasteiger charge is 2.30. The molecule has 0 radical (unpaired) electrons. The molecule has 0 spiro atoms. The predicted molar refractivity (Wildman–Crippen MR) is 72.8 cm³/mol. The van der Waals surface area contributed by atoms with Crippen LogP contribution < -0.4 is 5.32 Å². The predicted octanol–water partition coefficient (Wildman–Crippen LogP) is 4.16. The van der Waals surface area contributed by atoms with Gasteiger partial charge in [-0.05, 0) is 25.7 Å². The molecular formula is C15H28N2. The summed E-state index contributed by atoms with van der Waals surface area (Å²) in [6.07, 6.45) is 12.2. The van der Waals surface area contributed by atoms with Crippen molar-refractivity contribution in [2.24, 2.45) is 0 Å². The Kier molecular flexibility index (Phi) is 6.58. The fraction of sp³-hybridized carbons (Fsp3) is 0.933. The lowest BCUT2D eigenvalue weighted by atomic mass is 9.89. The molecule has 1 atom stereocenters. The highest BCUT2D eigenvalue weighted by Crippen LogP contribution is 2.24. The maximum atomic E-state index is 9.49. The molecule has 1 saturated carbocycles. The van der Waals surface area contributed by atoms with E-state index in [0.29, 0.717) is 6.04 Å². The van der Waals surface area contributed by atoms with Gasteiger partial charge in [-0.25, -0.2) is 0 Å². The van der Waals surface area contributed by atoms with Crippen molar-refractivity contribution in [1.29, 1.82) is 5.26 Å². The quantitative estimate of drug-likeness (QED) is 0.703. The molecule has 0 aromatic carbocycles. The molecule has 2 heteroatoms. The first kappa shape index (κ1) is 14.5. The van der Waals surface area contributed by atoms with E-state index in [1.807, 2.05) is 0 Å². The minimum Gasteiger partial charge on any atom is -0.297 e. The van der Waals surface area contributed by atoms with E-state index in [2.05, 4.69) is 25.2 Å². The average molecular weight is 236 g/mol. The molecule has 1 fully saturated rings. The number of hydrogen-bond acceptors (Lipinski definition) is 2. The maximum absolute atomic E-state index is 9.49. The molecule has 1 N–H and O–H groups in total. The number of hydrogen-bond donors (Lipinski definition) is 1. The van der Waals surface area contributed by atoms with E-state index in [0.717, 1.165) is 19.3 Å². The van der Waals surface area contributed by atoms with Crippen LogP contribution in [0.3, 0.4) is 0 Å². The van der Waals surface area contributed by atoms with Gasteiger partial charge in [0.05, 0.1) is 6.07 Å². The van der Waals surface area contributed by atoms with Gasteiger partial charge in [-0.1, -0.05) is 52.4 Å². The van der Waals surface area contributed by atoms with Crippen molar-refractivity contribution in [3.8, 4) is 6.07 Å². The molecule has 1 rings (SSSR count). The van der Waals surface area contributed by atoms with Gasteiger partial charge in [0.25, 0.3) is 0 Å². The van der Waals surface area contributed by atoms with Gasteiger partial charge >= 0.3 is 0 Å². The van der Waals surface area contributed by atoms with Crippen molar-refractivity contribution in [2.75, 3.05) is 0 Å². The van der Waals surface area contributed by atoms with Crippen LogP contribution in [0.1, 0.15) is 78.1 Å².